The summed E-state index contributed by atoms with van der Waals surface area (Å²) in [6.45, 7) is 6.34. The Morgan fingerprint density at radius 1 is 1.59 bits per heavy atom. The van der Waals surface area contributed by atoms with Gasteiger partial charge in [-0.25, -0.2) is 0 Å². The van der Waals surface area contributed by atoms with Crippen molar-refractivity contribution in [1.82, 2.24) is 14.7 Å². The van der Waals surface area contributed by atoms with Crippen LogP contribution in [0, 0.1) is 0 Å². The van der Waals surface area contributed by atoms with Gasteiger partial charge in [0, 0.05) is 26.2 Å². The van der Waals surface area contributed by atoms with Gasteiger partial charge in [-0.3, -0.25) is 9.48 Å². The largest absolute Gasteiger partial charge is 0.334 e. The Kier molecular flexibility index (Phi) is 3.93. The van der Waals surface area contributed by atoms with Crippen molar-refractivity contribution >= 4 is 5.91 Å². The summed E-state index contributed by atoms with van der Waals surface area (Å²) in [5.74, 6) is -0.0462. The number of aryl methyl sites for hydroxylation is 2. The van der Waals surface area contributed by atoms with E-state index in [0.29, 0.717) is 12.2 Å². The first kappa shape index (κ1) is 13.7. The van der Waals surface area contributed by atoms with Gasteiger partial charge in [-0.15, -0.1) is 0 Å². The number of carbonyl (C=O) groups excluding carboxylic acids is 1. The van der Waals surface area contributed by atoms with Crippen LogP contribution in [-0.2, 0) is 13.5 Å². The van der Waals surface area contributed by atoms with Crippen LogP contribution in [0.1, 0.15) is 37.0 Å². The van der Waals surface area contributed by atoms with Crippen LogP contribution >= 0.6 is 0 Å². The van der Waals surface area contributed by atoms with E-state index in [0.717, 1.165) is 12.1 Å². The van der Waals surface area contributed by atoms with E-state index in [-0.39, 0.29) is 11.4 Å². The van der Waals surface area contributed by atoms with Crippen molar-refractivity contribution in [3.8, 4) is 0 Å². The fourth-order valence-corrected chi connectivity index (χ4v) is 1.48. The first-order chi connectivity index (χ1) is 7.83. The molecule has 1 rings (SSSR count). The number of likely N-dealkylation sites (N-methyl/N-ethyl adjacent to an activating group) is 1. The summed E-state index contributed by atoms with van der Waals surface area (Å²) in [5.41, 5.74) is 6.85. The van der Waals surface area contributed by atoms with Crippen molar-refractivity contribution in [1.29, 1.82) is 0 Å². The molecule has 1 aromatic heterocycles. The lowest BCUT2D eigenvalue weighted by molar-refractivity contribution is 0.0629. The second-order valence-electron chi connectivity index (χ2n) is 4.88. The van der Waals surface area contributed by atoms with Crippen LogP contribution in [-0.4, -0.2) is 39.7 Å². The quantitative estimate of drug-likeness (QED) is 0.843. The molecule has 0 aliphatic carbocycles. The number of hydrogen-bond acceptors (Lipinski definition) is 3. The van der Waals surface area contributed by atoms with Gasteiger partial charge < -0.3 is 10.6 Å². The minimum atomic E-state index is -0.353. The van der Waals surface area contributed by atoms with E-state index in [9.17, 15) is 4.79 Å². The van der Waals surface area contributed by atoms with E-state index in [1.165, 1.54) is 0 Å². The summed E-state index contributed by atoms with van der Waals surface area (Å²) in [5, 5.41) is 4.28. The number of hydrogen-bond donors (Lipinski definition) is 1. The molecule has 0 unspecified atom stereocenters. The third-order valence-corrected chi connectivity index (χ3v) is 3.22. The molecule has 17 heavy (non-hydrogen) atoms. The maximum absolute atomic E-state index is 12.3. The maximum Gasteiger partial charge on any atom is 0.272 e. The Bertz CT molecular complexity index is 409. The molecule has 0 spiro atoms. The van der Waals surface area contributed by atoms with E-state index < -0.39 is 0 Å². The molecule has 5 nitrogen and oxygen atoms in total. The van der Waals surface area contributed by atoms with Gasteiger partial charge in [-0.2, -0.15) is 5.10 Å². The summed E-state index contributed by atoms with van der Waals surface area (Å²) in [4.78, 5) is 14.0. The lowest BCUT2D eigenvalue weighted by Crippen LogP contribution is -2.50. The molecule has 0 radical (unpaired) electrons. The molecular formula is C12H22N4O. The van der Waals surface area contributed by atoms with Crippen molar-refractivity contribution in [2.45, 2.75) is 32.7 Å². The summed E-state index contributed by atoms with van der Waals surface area (Å²) >= 11 is 0. The van der Waals surface area contributed by atoms with Crippen LogP contribution in [0.4, 0.5) is 0 Å². The SMILES string of the molecule is CCc1cc(C(=O)N(C)C(C)(C)CN)n(C)n1. The maximum atomic E-state index is 12.3. The second kappa shape index (κ2) is 4.87. The molecule has 96 valence electrons. The van der Waals surface area contributed by atoms with E-state index in [2.05, 4.69) is 5.10 Å². The first-order valence-electron chi connectivity index (χ1n) is 5.84. The van der Waals surface area contributed by atoms with Gasteiger partial charge in [0.05, 0.1) is 5.69 Å². The normalized spacial score (nSPS) is 11.6. The molecule has 0 aromatic carbocycles. The van der Waals surface area contributed by atoms with Crippen LogP contribution in [0.5, 0.6) is 0 Å². The molecular weight excluding hydrogens is 216 g/mol. The highest BCUT2D eigenvalue weighted by molar-refractivity contribution is 5.93. The van der Waals surface area contributed by atoms with Crippen LogP contribution < -0.4 is 5.73 Å². The smallest absolute Gasteiger partial charge is 0.272 e. The zero-order chi connectivity index (χ0) is 13.2. The Morgan fingerprint density at radius 2 is 2.18 bits per heavy atom. The topological polar surface area (TPSA) is 64.2 Å². The first-order valence-corrected chi connectivity index (χ1v) is 5.84. The van der Waals surface area contributed by atoms with E-state index >= 15 is 0 Å². The number of carbonyl (C=O) groups is 1. The summed E-state index contributed by atoms with van der Waals surface area (Å²) in [6.07, 6.45) is 0.825. The van der Waals surface area contributed by atoms with Crippen LogP contribution in [0.3, 0.4) is 0 Å². The Hall–Kier alpha value is -1.36. The second-order valence-corrected chi connectivity index (χ2v) is 4.88. The zero-order valence-corrected chi connectivity index (χ0v) is 11.3. The molecule has 0 atom stereocenters. The van der Waals surface area contributed by atoms with Crippen molar-refractivity contribution in [2.75, 3.05) is 13.6 Å². The third-order valence-electron chi connectivity index (χ3n) is 3.22. The molecule has 1 aromatic rings. The lowest BCUT2D eigenvalue weighted by Gasteiger charge is -2.34. The fourth-order valence-electron chi connectivity index (χ4n) is 1.48. The zero-order valence-electron chi connectivity index (χ0n) is 11.3. The highest BCUT2D eigenvalue weighted by atomic mass is 16.2. The van der Waals surface area contributed by atoms with Gasteiger partial charge in [0.1, 0.15) is 5.69 Å². The highest BCUT2D eigenvalue weighted by Gasteiger charge is 2.28. The highest BCUT2D eigenvalue weighted by Crippen LogP contribution is 2.15. The molecule has 0 aliphatic heterocycles. The van der Waals surface area contributed by atoms with Gasteiger partial charge >= 0.3 is 0 Å². The molecule has 0 aliphatic rings. The van der Waals surface area contributed by atoms with Gasteiger partial charge in [0.15, 0.2) is 0 Å². The van der Waals surface area contributed by atoms with E-state index in [1.807, 2.05) is 26.8 Å². The monoisotopic (exact) mass is 238 g/mol. The van der Waals surface area contributed by atoms with Gasteiger partial charge in [-0.05, 0) is 26.3 Å². The van der Waals surface area contributed by atoms with Gasteiger partial charge in [0.25, 0.3) is 5.91 Å². The van der Waals surface area contributed by atoms with Gasteiger partial charge in [0.2, 0.25) is 0 Å². The van der Waals surface area contributed by atoms with Crippen LogP contribution in [0.25, 0.3) is 0 Å². The van der Waals surface area contributed by atoms with Crippen molar-refractivity contribution in [3.63, 3.8) is 0 Å². The Morgan fingerprint density at radius 3 is 2.59 bits per heavy atom. The molecule has 1 amide bonds. The number of nitrogens with zero attached hydrogens (tertiary/aromatic N) is 3. The van der Waals surface area contributed by atoms with Crippen LogP contribution in [0.15, 0.2) is 6.07 Å². The average Bonchev–Trinajstić information content (AvgIpc) is 2.68. The summed E-state index contributed by atoms with van der Waals surface area (Å²) in [6, 6.07) is 1.84. The molecule has 0 saturated carbocycles. The van der Waals surface area contributed by atoms with Crippen LogP contribution in [0.2, 0.25) is 0 Å². The molecule has 2 N–H and O–H groups in total. The van der Waals surface area contributed by atoms with Gasteiger partial charge in [-0.1, -0.05) is 6.92 Å². The van der Waals surface area contributed by atoms with E-state index in [1.54, 1.807) is 23.7 Å². The fraction of sp³-hybridized carbons (Fsp3) is 0.667. The van der Waals surface area contributed by atoms with Crippen molar-refractivity contribution in [2.24, 2.45) is 12.8 Å². The average molecular weight is 238 g/mol. The van der Waals surface area contributed by atoms with Crippen molar-refractivity contribution in [3.05, 3.63) is 17.5 Å². The lowest BCUT2D eigenvalue weighted by atomic mass is 10.0. The summed E-state index contributed by atoms with van der Waals surface area (Å²) in [7, 11) is 3.56. The predicted octanol–water partition coefficient (Wildman–Crippen LogP) is 0.792. The predicted molar refractivity (Wildman–Crippen MR) is 67.8 cm³/mol. The standard InChI is InChI=1S/C12H22N4O/c1-6-9-7-10(16(5)14-9)11(17)15(4)12(2,3)8-13/h7H,6,8,13H2,1-5H3. The van der Waals surface area contributed by atoms with Crippen molar-refractivity contribution < 1.29 is 4.79 Å². The molecule has 0 saturated heterocycles. The molecule has 1 heterocycles. The molecule has 0 bridgehead atoms. The third kappa shape index (κ3) is 2.66. The number of aromatic nitrogens is 2. The minimum Gasteiger partial charge on any atom is -0.334 e. The Labute approximate surface area is 103 Å². The minimum absolute atomic E-state index is 0.0462. The number of rotatable bonds is 4. The van der Waals surface area contributed by atoms with E-state index in [4.69, 9.17) is 5.73 Å². The molecule has 0 fully saturated rings. The Balaban J connectivity index is 3.00. The summed E-state index contributed by atoms with van der Waals surface area (Å²) < 4.78 is 1.63. The molecule has 5 heteroatoms. The number of amides is 1. The number of nitrogens with two attached hydrogens (primary N) is 1.